The third kappa shape index (κ3) is 5.26. The van der Waals surface area contributed by atoms with Crippen LogP contribution in [0.4, 0.5) is 0 Å². The van der Waals surface area contributed by atoms with Gasteiger partial charge < -0.3 is 21.7 Å². The molecule has 0 radical (unpaired) electrons. The fourth-order valence-electron chi connectivity index (χ4n) is 4.56. The van der Waals surface area contributed by atoms with Gasteiger partial charge in [-0.3, -0.25) is 4.90 Å². The molecule has 2 heterocycles. The normalized spacial score (nSPS) is 22.4. The summed E-state index contributed by atoms with van der Waals surface area (Å²) in [4.78, 5) is 4.04. The predicted octanol–water partition coefficient (Wildman–Crippen LogP) is 2.07. The molecule has 0 spiro atoms. The number of rotatable bonds is 2. The lowest BCUT2D eigenvalue weighted by Crippen LogP contribution is -2.39. The Hall–Kier alpha value is -1.28. The summed E-state index contributed by atoms with van der Waals surface area (Å²) in [7, 11) is 0. The summed E-state index contributed by atoms with van der Waals surface area (Å²) in [6.07, 6.45) is 3.35. The molecule has 3 aliphatic rings. The first-order valence-corrected chi connectivity index (χ1v) is 12.0. The van der Waals surface area contributed by atoms with Crippen LogP contribution < -0.4 is 21.7 Å². The van der Waals surface area contributed by atoms with Crippen molar-refractivity contribution >= 4 is 11.3 Å². The van der Waals surface area contributed by atoms with E-state index < -0.39 is 0 Å². The van der Waals surface area contributed by atoms with Gasteiger partial charge in [0.1, 0.15) is 0 Å². The molecule has 2 aliphatic carbocycles. The quantitative estimate of drug-likeness (QED) is 0.607. The van der Waals surface area contributed by atoms with Crippen LogP contribution in [-0.2, 0) is 13.0 Å². The zero-order chi connectivity index (χ0) is 19.9. The molecule has 1 atom stereocenters. The Bertz CT molecular complexity index is 743. The van der Waals surface area contributed by atoms with Gasteiger partial charge in [-0.25, -0.2) is 0 Å². The summed E-state index contributed by atoms with van der Waals surface area (Å²) < 4.78 is 0. The van der Waals surface area contributed by atoms with Gasteiger partial charge in [-0.05, 0) is 66.5 Å². The van der Waals surface area contributed by atoms with E-state index >= 15 is 0 Å². The molecule has 1 aromatic carbocycles. The number of nitrogens with two attached hydrogens (primary N) is 1. The molecular weight excluding hydrogens is 378 g/mol. The van der Waals surface area contributed by atoms with Crippen LogP contribution in [0.5, 0.6) is 0 Å². The molecule has 5 N–H and O–H groups in total. The lowest BCUT2D eigenvalue weighted by atomic mass is 9.87. The Morgan fingerprint density at radius 3 is 2.38 bits per heavy atom. The number of fused-ring (bicyclic) bond motifs is 2. The van der Waals surface area contributed by atoms with Crippen LogP contribution in [0.3, 0.4) is 0 Å². The highest BCUT2D eigenvalue weighted by molar-refractivity contribution is 7.10. The van der Waals surface area contributed by atoms with Crippen molar-refractivity contribution in [3.05, 3.63) is 56.8 Å². The molecule has 5 nitrogen and oxygen atoms in total. The number of benzene rings is 1. The summed E-state index contributed by atoms with van der Waals surface area (Å²) in [5, 5.41) is 13.1. The van der Waals surface area contributed by atoms with Crippen LogP contribution in [0.15, 0.2) is 29.6 Å². The van der Waals surface area contributed by atoms with Crippen LogP contribution in [-0.4, -0.2) is 57.3 Å². The van der Waals surface area contributed by atoms with Crippen LogP contribution in [0, 0.1) is 0 Å². The predicted molar refractivity (Wildman–Crippen MR) is 123 cm³/mol. The van der Waals surface area contributed by atoms with Crippen molar-refractivity contribution in [2.24, 2.45) is 5.73 Å². The Morgan fingerprint density at radius 1 is 0.897 bits per heavy atom. The zero-order valence-electron chi connectivity index (χ0n) is 17.4. The molecule has 1 aromatic heterocycles. The zero-order valence-corrected chi connectivity index (χ0v) is 18.2. The third-order valence-corrected chi connectivity index (χ3v) is 7.14. The van der Waals surface area contributed by atoms with Gasteiger partial charge in [-0.1, -0.05) is 24.3 Å². The summed E-state index contributed by atoms with van der Waals surface area (Å²) in [5.74, 6) is 0. The number of nitrogens with one attached hydrogen (secondary N) is 3. The minimum Gasteiger partial charge on any atom is -0.326 e. The molecule has 2 aromatic rings. The van der Waals surface area contributed by atoms with E-state index in [2.05, 4.69) is 50.5 Å². The number of nitrogens with zero attached hydrogens (tertiary/aromatic N) is 1. The average Bonchev–Trinajstić information content (AvgIpc) is 3.11. The van der Waals surface area contributed by atoms with Crippen molar-refractivity contribution in [1.82, 2.24) is 20.9 Å². The molecule has 1 fully saturated rings. The fraction of sp³-hybridized carbons (Fsp3) is 0.565. The largest absolute Gasteiger partial charge is 0.326 e. The Morgan fingerprint density at radius 2 is 1.62 bits per heavy atom. The summed E-state index contributed by atoms with van der Waals surface area (Å²) in [5.41, 5.74) is 11.9. The Kier molecular flexibility index (Phi) is 7.71. The van der Waals surface area contributed by atoms with Gasteiger partial charge in [0.05, 0.1) is 6.04 Å². The van der Waals surface area contributed by atoms with Crippen LogP contribution >= 0.6 is 11.3 Å². The molecular formula is C23H35N5S. The van der Waals surface area contributed by atoms with Crippen molar-refractivity contribution in [1.29, 1.82) is 0 Å². The number of thiophene rings is 1. The maximum atomic E-state index is 6.18. The lowest BCUT2D eigenvalue weighted by molar-refractivity contribution is 0.220. The molecule has 0 saturated carbocycles. The van der Waals surface area contributed by atoms with Gasteiger partial charge in [0, 0.05) is 44.1 Å². The van der Waals surface area contributed by atoms with Gasteiger partial charge in [-0.2, -0.15) is 0 Å². The van der Waals surface area contributed by atoms with Gasteiger partial charge in [0.15, 0.2) is 0 Å². The SMILES string of the molecule is NCc1scc2c1C(N1CCCNCCNCCCNCC1)c1ccc(cc1)C2. The van der Waals surface area contributed by atoms with Gasteiger partial charge >= 0.3 is 0 Å². The maximum absolute atomic E-state index is 6.18. The standard InChI is InChI=1S/C23H35N5S/c24-16-21-22-20(17-29-21)15-18-3-5-19(6-4-18)23(22)28-13-2-9-26-11-10-25-7-1-8-27-12-14-28/h3-6,17,23,25-27H,1-2,7-16,24H2. The topological polar surface area (TPSA) is 65.3 Å². The Labute approximate surface area is 179 Å². The number of hydrogen-bond donors (Lipinski definition) is 4. The highest BCUT2D eigenvalue weighted by atomic mass is 32.1. The second kappa shape index (κ2) is 10.7. The molecule has 158 valence electrons. The van der Waals surface area contributed by atoms with Gasteiger partial charge in [0.2, 0.25) is 0 Å². The van der Waals surface area contributed by atoms with E-state index in [4.69, 9.17) is 5.73 Å². The maximum Gasteiger partial charge on any atom is 0.0616 e. The smallest absolute Gasteiger partial charge is 0.0616 e. The fourth-order valence-corrected chi connectivity index (χ4v) is 5.52. The monoisotopic (exact) mass is 413 g/mol. The second-order valence-corrected chi connectivity index (χ2v) is 9.08. The highest BCUT2D eigenvalue weighted by Gasteiger charge is 2.29. The third-order valence-electron chi connectivity index (χ3n) is 6.06. The van der Waals surface area contributed by atoms with Crippen LogP contribution in [0.2, 0.25) is 0 Å². The molecule has 5 rings (SSSR count). The van der Waals surface area contributed by atoms with Crippen molar-refractivity contribution in [3.8, 4) is 0 Å². The number of hydrogen-bond acceptors (Lipinski definition) is 6. The van der Waals surface area contributed by atoms with Crippen LogP contribution in [0.1, 0.15) is 46.0 Å². The van der Waals surface area contributed by atoms with E-state index in [-0.39, 0.29) is 0 Å². The van der Waals surface area contributed by atoms with Gasteiger partial charge in [0.25, 0.3) is 0 Å². The van der Waals surface area contributed by atoms with E-state index in [1.807, 2.05) is 11.3 Å². The van der Waals surface area contributed by atoms with Crippen molar-refractivity contribution in [3.63, 3.8) is 0 Å². The van der Waals surface area contributed by atoms with E-state index in [1.165, 1.54) is 33.6 Å². The first-order chi connectivity index (χ1) is 14.4. The molecule has 29 heavy (non-hydrogen) atoms. The summed E-state index contributed by atoms with van der Waals surface area (Å²) >= 11 is 1.84. The minimum absolute atomic E-state index is 0.306. The molecule has 0 amide bonds. The molecule has 2 bridgehead atoms. The first-order valence-electron chi connectivity index (χ1n) is 11.1. The second-order valence-electron chi connectivity index (χ2n) is 8.12. The van der Waals surface area contributed by atoms with E-state index in [1.54, 1.807) is 0 Å². The average molecular weight is 414 g/mol. The minimum atomic E-state index is 0.306. The van der Waals surface area contributed by atoms with E-state index in [0.717, 1.165) is 65.2 Å². The molecule has 1 unspecified atom stereocenters. The lowest BCUT2D eigenvalue weighted by Gasteiger charge is -2.35. The van der Waals surface area contributed by atoms with Crippen molar-refractivity contribution < 1.29 is 0 Å². The molecule has 6 heteroatoms. The van der Waals surface area contributed by atoms with Crippen molar-refractivity contribution in [2.75, 3.05) is 52.4 Å². The molecule has 1 saturated heterocycles. The van der Waals surface area contributed by atoms with Crippen LogP contribution in [0.25, 0.3) is 0 Å². The van der Waals surface area contributed by atoms with Crippen molar-refractivity contribution in [2.45, 2.75) is 31.8 Å². The first kappa shape index (κ1) is 21.0. The van der Waals surface area contributed by atoms with E-state index in [0.29, 0.717) is 12.6 Å². The summed E-state index contributed by atoms with van der Waals surface area (Å²) in [6, 6.07) is 9.59. The Balaban J connectivity index is 1.60. The molecule has 1 aliphatic heterocycles. The highest BCUT2D eigenvalue weighted by Crippen LogP contribution is 2.39. The van der Waals surface area contributed by atoms with E-state index in [9.17, 15) is 0 Å². The summed E-state index contributed by atoms with van der Waals surface area (Å²) in [6.45, 7) is 9.13. The van der Waals surface area contributed by atoms with Gasteiger partial charge in [-0.15, -0.1) is 11.3 Å².